The van der Waals surface area contributed by atoms with Crippen LogP contribution in [0.3, 0.4) is 0 Å². The maximum atomic E-state index is 9.53. The van der Waals surface area contributed by atoms with Crippen LogP contribution in [0.5, 0.6) is 0 Å². The molecule has 0 saturated carbocycles. The fraction of sp³-hybridized carbons (Fsp3) is 1.00. The van der Waals surface area contributed by atoms with Crippen LogP contribution in [0.1, 0.15) is 79.1 Å². The van der Waals surface area contributed by atoms with Crippen molar-refractivity contribution in [3.05, 3.63) is 0 Å². The van der Waals surface area contributed by atoms with Gasteiger partial charge in [-0.05, 0) is 0 Å². The monoisotopic (exact) mass is 476 g/mol. The molecule has 0 aliphatic heterocycles. The predicted octanol–water partition coefficient (Wildman–Crippen LogP) is 0.585. The van der Waals surface area contributed by atoms with E-state index in [0.717, 1.165) is 51.4 Å². The third-order valence-electron chi connectivity index (χ3n) is 1.99. The average molecular weight is 476 g/mol. The van der Waals surface area contributed by atoms with Gasteiger partial charge in [-0.25, -0.2) is 0 Å². The van der Waals surface area contributed by atoms with Crippen LogP contribution in [0.4, 0.5) is 0 Å². The van der Waals surface area contributed by atoms with Gasteiger partial charge in [0, 0.05) is 0 Å². The van der Waals surface area contributed by atoms with Gasteiger partial charge < -0.3 is 20.4 Å². The molecule has 0 saturated heterocycles. The Morgan fingerprint density at radius 2 is 0.571 bits per heavy atom. The molecule has 0 spiro atoms. The van der Waals surface area contributed by atoms with Crippen LogP contribution in [0.15, 0.2) is 0 Å². The Kier molecular flexibility index (Phi) is 78.9. The van der Waals surface area contributed by atoms with E-state index in [4.69, 9.17) is 0 Å². The number of rotatable bonds is 8. The molecule has 0 bridgehead atoms. The van der Waals surface area contributed by atoms with Crippen molar-refractivity contribution in [2.75, 3.05) is 26.4 Å². The van der Waals surface area contributed by atoms with Crippen LogP contribution in [0.25, 0.3) is 0 Å². The Bertz CT molecular complexity index is 74.3. The molecule has 0 radical (unpaired) electrons. The van der Waals surface area contributed by atoms with Crippen molar-refractivity contribution < 1.29 is 41.5 Å². The Morgan fingerprint density at radius 3 is 0.571 bits per heavy atom. The van der Waals surface area contributed by atoms with Crippen molar-refractivity contribution in [3.63, 3.8) is 0 Å². The average Bonchev–Trinajstić information content (AvgIpc) is 2.44. The van der Waals surface area contributed by atoms with Crippen LogP contribution in [0, 0.1) is 0 Å². The Balaban J connectivity index is -0.0000000533. The summed E-state index contributed by atoms with van der Waals surface area (Å²) in [6.45, 7) is 8.42. The van der Waals surface area contributed by atoms with Gasteiger partial charge in [-0.2, -0.15) is 0 Å². The van der Waals surface area contributed by atoms with Crippen molar-refractivity contribution >= 4 is 0 Å². The molecule has 0 fully saturated rings. The molecule has 0 unspecified atom stereocenters. The molecule has 5 heteroatoms. The van der Waals surface area contributed by atoms with Gasteiger partial charge >= 0.3 is 21.1 Å². The van der Waals surface area contributed by atoms with E-state index in [1.54, 1.807) is 0 Å². The smallest absolute Gasteiger partial charge is 0.854 e. The zero-order chi connectivity index (χ0) is 16.5. The largest absolute Gasteiger partial charge is 4.00 e. The zero-order valence-electron chi connectivity index (χ0n) is 14.5. The van der Waals surface area contributed by atoms with E-state index in [1.807, 2.05) is 27.7 Å². The van der Waals surface area contributed by atoms with Crippen molar-refractivity contribution in [2.24, 2.45) is 0 Å². The quantitative estimate of drug-likeness (QED) is 0.513. The van der Waals surface area contributed by atoms with Crippen molar-refractivity contribution in [3.8, 4) is 0 Å². The normalized spacial score (nSPS) is 8.00. The van der Waals surface area contributed by atoms with Gasteiger partial charge in [0.1, 0.15) is 0 Å². The molecule has 0 aromatic rings. The third-order valence-corrected chi connectivity index (χ3v) is 1.99. The maximum absolute atomic E-state index is 9.53. The van der Waals surface area contributed by atoms with Crippen molar-refractivity contribution in [1.82, 2.24) is 0 Å². The van der Waals surface area contributed by atoms with Crippen LogP contribution in [-0.4, -0.2) is 26.4 Å². The molecular formula is C16H36O4W. The molecule has 4 nitrogen and oxygen atoms in total. The summed E-state index contributed by atoms with van der Waals surface area (Å²) < 4.78 is 0. The SMILES string of the molecule is CCCC[O-].CCCC[O-].CCCC[O-].CCCC[O-].[W+4]. The molecule has 0 N–H and O–H groups in total. The molecular weight excluding hydrogens is 440 g/mol. The molecule has 0 atom stereocenters. The van der Waals surface area contributed by atoms with Gasteiger partial charge in [0.2, 0.25) is 0 Å². The molecule has 0 aromatic carbocycles. The molecule has 0 heterocycles. The minimum Gasteiger partial charge on any atom is -0.854 e. The molecule has 130 valence electrons. The second-order valence-electron chi connectivity index (χ2n) is 4.23. The van der Waals surface area contributed by atoms with E-state index in [-0.39, 0.29) is 47.5 Å². The minimum absolute atomic E-state index is 0. The fourth-order valence-corrected chi connectivity index (χ4v) is 0.577. The van der Waals surface area contributed by atoms with Crippen LogP contribution < -0.4 is 20.4 Å². The maximum Gasteiger partial charge on any atom is 4.00 e. The number of unbranched alkanes of at least 4 members (excludes halogenated alkanes) is 4. The van der Waals surface area contributed by atoms with Gasteiger partial charge in [-0.3, -0.25) is 0 Å². The van der Waals surface area contributed by atoms with Gasteiger partial charge in [-0.15, -0.1) is 26.4 Å². The molecule has 0 aromatic heterocycles. The zero-order valence-corrected chi connectivity index (χ0v) is 17.5. The summed E-state index contributed by atoms with van der Waals surface area (Å²) in [7, 11) is 0. The fourth-order valence-electron chi connectivity index (χ4n) is 0.577. The molecule has 0 rings (SSSR count). The minimum atomic E-state index is 0. The second kappa shape index (κ2) is 49.9. The van der Waals surface area contributed by atoms with E-state index < -0.39 is 0 Å². The van der Waals surface area contributed by atoms with Gasteiger partial charge in [0.05, 0.1) is 0 Å². The van der Waals surface area contributed by atoms with E-state index in [9.17, 15) is 20.4 Å². The predicted molar refractivity (Wildman–Crippen MR) is 79.1 cm³/mol. The standard InChI is InChI=1S/4C4H9O.W/c4*1-2-3-4-5;/h4*2-4H2,1H3;/q4*-1;+4. The second-order valence-corrected chi connectivity index (χ2v) is 4.23. The summed E-state index contributed by atoms with van der Waals surface area (Å²) in [5.74, 6) is 0. The van der Waals surface area contributed by atoms with Crippen LogP contribution in [0.2, 0.25) is 0 Å². The summed E-state index contributed by atoms with van der Waals surface area (Å²) in [4.78, 5) is 0. The summed E-state index contributed by atoms with van der Waals surface area (Å²) >= 11 is 0. The summed E-state index contributed by atoms with van der Waals surface area (Å²) in [5, 5.41) is 38.1. The van der Waals surface area contributed by atoms with Gasteiger partial charge in [0.25, 0.3) is 0 Å². The number of hydrogen-bond acceptors (Lipinski definition) is 4. The summed E-state index contributed by atoms with van der Waals surface area (Å²) in [6, 6.07) is 0. The molecule has 0 aliphatic rings. The Labute approximate surface area is 147 Å². The first kappa shape index (κ1) is 33.2. The summed E-state index contributed by atoms with van der Waals surface area (Å²) in [5.41, 5.74) is 0. The number of hydrogen-bond donors (Lipinski definition) is 0. The Hall–Kier alpha value is 0.528. The van der Waals surface area contributed by atoms with Gasteiger partial charge in [-0.1, -0.05) is 79.1 Å². The van der Waals surface area contributed by atoms with E-state index in [2.05, 4.69) is 0 Å². The third kappa shape index (κ3) is 96.9. The van der Waals surface area contributed by atoms with Crippen LogP contribution in [-0.2, 0) is 21.1 Å². The van der Waals surface area contributed by atoms with Crippen molar-refractivity contribution in [1.29, 1.82) is 0 Å². The van der Waals surface area contributed by atoms with Gasteiger partial charge in [0.15, 0.2) is 0 Å². The van der Waals surface area contributed by atoms with E-state index in [1.165, 1.54) is 0 Å². The molecule has 0 amide bonds. The van der Waals surface area contributed by atoms with E-state index in [0.29, 0.717) is 0 Å². The van der Waals surface area contributed by atoms with Crippen LogP contribution >= 0.6 is 0 Å². The first-order valence-electron chi connectivity index (χ1n) is 7.98. The molecule has 0 aliphatic carbocycles. The van der Waals surface area contributed by atoms with E-state index >= 15 is 0 Å². The molecule has 21 heavy (non-hydrogen) atoms. The topological polar surface area (TPSA) is 92.2 Å². The Morgan fingerprint density at radius 1 is 0.429 bits per heavy atom. The van der Waals surface area contributed by atoms with Crippen molar-refractivity contribution in [2.45, 2.75) is 79.1 Å². The first-order chi connectivity index (χ1) is 9.66. The summed E-state index contributed by atoms with van der Waals surface area (Å²) in [6.07, 6.45) is 7.46. The first-order valence-corrected chi connectivity index (χ1v) is 7.98.